The number of hydrogen-bond donors (Lipinski definition) is 0. The fourth-order valence-corrected chi connectivity index (χ4v) is 17.6. The van der Waals surface area contributed by atoms with Crippen LogP contribution >= 0.6 is 22.7 Å². The van der Waals surface area contributed by atoms with E-state index < -0.39 is 0 Å². The number of benzene rings is 2. The molecule has 2 unspecified atom stereocenters. The lowest BCUT2D eigenvalue weighted by Gasteiger charge is -2.29. The number of carbonyl (C=O) groups excluding carboxylic acids is 2. The second kappa shape index (κ2) is 41.4. The zero-order chi connectivity index (χ0) is 70.5. The first-order chi connectivity index (χ1) is 47.4. The number of nitrogens with zero attached hydrogens (tertiary/aromatic N) is 5. The summed E-state index contributed by atoms with van der Waals surface area (Å²) in [7, 11) is 0. The molecule has 98 heavy (non-hydrogen) atoms. The monoisotopic (exact) mass is 1370 g/mol. The summed E-state index contributed by atoms with van der Waals surface area (Å²) < 4.78 is 2.62. The molecule has 5 heterocycles. The van der Waals surface area contributed by atoms with E-state index >= 15 is 9.59 Å². The van der Waals surface area contributed by atoms with Crippen molar-refractivity contribution in [3.8, 4) is 12.1 Å². The van der Waals surface area contributed by atoms with Crippen LogP contribution in [0, 0.1) is 39.9 Å². The summed E-state index contributed by atoms with van der Waals surface area (Å²) in [5.41, 5.74) is 7.90. The Morgan fingerprint density at radius 1 is 0.439 bits per heavy atom. The molecule has 0 spiro atoms. The summed E-state index contributed by atoms with van der Waals surface area (Å²) in [6.07, 6.45) is 49.8. The highest BCUT2D eigenvalue weighted by Crippen LogP contribution is 2.51. The van der Waals surface area contributed by atoms with Gasteiger partial charge in [-0.25, -0.2) is 0 Å². The first kappa shape index (κ1) is 79.8. The third-order valence-electron chi connectivity index (χ3n) is 21.0. The van der Waals surface area contributed by atoms with Gasteiger partial charge >= 0.3 is 0 Å². The Labute approximate surface area is 605 Å². The molecule has 2 atom stereocenters. The van der Waals surface area contributed by atoms with Crippen molar-refractivity contribution in [3.63, 3.8) is 0 Å². The van der Waals surface area contributed by atoms with Crippen LogP contribution < -0.4 is 0 Å². The molecule has 0 fully saturated rings. The Kier molecular flexibility index (Phi) is 33.8. The average molecular weight is 1370 g/mol. The molecule has 536 valence electrons. The number of amides is 2. The van der Waals surface area contributed by atoms with Crippen LogP contribution in [-0.2, 0) is 15.0 Å². The Morgan fingerprint density at radius 2 is 0.796 bits per heavy atom. The van der Waals surface area contributed by atoms with Crippen LogP contribution in [0.3, 0.4) is 0 Å². The second-order valence-electron chi connectivity index (χ2n) is 31.7. The van der Waals surface area contributed by atoms with Crippen LogP contribution in [0.4, 0.5) is 0 Å². The SMILES string of the molecule is CCCCCCCCC(CCCCCC)CN1C(=O)C2=C(c3ccc(C(C)(C)C)s3)N(CC(CCCCCC)CCCCCCCC)C(=O)C2=C1c1ccc(/C=C(\C#N)c2ccc3c4ccc(/C(C#N)=C/C(C)(C)C)cc4n(C(CCCCCCCC)CCCCCCCC)c3c2)s1. The third-order valence-corrected chi connectivity index (χ3v) is 23.6. The van der Waals surface area contributed by atoms with Gasteiger partial charge in [-0.2, -0.15) is 10.5 Å². The molecule has 2 aromatic carbocycles. The molecule has 2 aliphatic heterocycles. The molecule has 0 aliphatic carbocycles. The Balaban J connectivity index is 1.38. The highest BCUT2D eigenvalue weighted by atomic mass is 32.1. The van der Waals surface area contributed by atoms with Crippen molar-refractivity contribution in [2.75, 3.05) is 13.1 Å². The smallest absolute Gasteiger partial charge is 0.261 e. The molecule has 5 aromatic rings. The van der Waals surface area contributed by atoms with Gasteiger partial charge in [0.15, 0.2) is 0 Å². The molecule has 2 amide bonds. The van der Waals surface area contributed by atoms with Gasteiger partial charge in [-0.05, 0) is 115 Å². The van der Waals surface area contributed by atoms with Gasteiger partial charge in [0.2, 0.25) is 0 Å². The van der Waals surface area contributed by atoms with Crippen molar-refractivity contribution in [1.29, 1.82) is 10.5 Å². The van der Waals surface area contributed by atoms with Crippen molar-refractivity contribution in [2.24, 2.45) is 17.3 Å². The molecule has 3 aromatic heterocycles. The number of allylic oxidation sites excluding steroid dienone is 3. The molecular weight excluding hydrogens is 1240 g/mol. The van der Waals surface area contributed by atoms with E-state index in [1.807, 2.05) is 0 Å². The Bertz CT molecular complexity index is 3480. The van der Waals surface area contributed by atoms with Crippen LogP contribution in [0.1, 0.15) is 364 Å². The number of hydrogen-bond acceptors (Lipinski definition) is 6. The average Bonchev–Trinajstić information content (AvgIpc) is 1.56. The van der Waals surface area contributed by atoms with Crippen molar-refractivity contribution < 1.29 is 9.59 Å². The first-order valence-corrected chi connectivity index (χ1v) is 41.7. The van der Waals surface area contributed by atoms with Crippen LogP contribution in [0.15, 0.2) is 77.9 Å². The molecular formula is C89H131N5O2S2. The number of carbonyl (C=O) groups is 2. The summed E-state index contributed by atoms with van der Waals surface area (Å²) >= 11 is 3.37. The van der Waals surface area contributed by atoms with E-state index in [0.717, 1.165) is 125 Å². The molecule has 7 rings (SSSR count). The maximum atomic E-state index is 16.2. The van der Waals surface area contributed by atoms with Crippen LogP contribution in [0.25, 0.3) is 50.4 Å². The predicted octanol–water partition coefficient (Wildman–Crippen LogP) is 27.8. The molecule has 2 aliphatic rings. The largest absolute Gasteiger partial charge is 0.337 e. The lowest BCUT2D eigenvalue weighted by molar-refractivity contribution is -0.124. The zero-order valence-corrected chi connectivity index (χ0v) is 65.4. The second-order valence-corrected chi connectivity index (χ2v) is 33.9. The number of rotatable bonds is 48. The molecule has 9 heteroatoms. The van der Waals surface area contributed by atoms with E-state index in [4.69, 9.17) is 0 Å². The van der Waals surface area contributed by atoms with Crippen molar-refractivity contribution >= 4 is 84.9 Å². The summed E-state index contributed by atoms with van der Waals surface area (Å²) in [6, 6.07) is 27.5. The number of fused-ring (bicyclic) bond motifs is 4. The van der Waals surface area contributed by atoms with Crippen LogP contribution in [-0.4, -0.2) is 39.3 Å². The quantitative estimate of drug-likeness (QED) is 0.0286. The van der Waals surface area contributed by atoms with Crippen LogP contribution in [0.5, 0.6) is 0 Å². The van der Waals surface area contributed by atoms with Crippen molar-refractivity contribution in [3.05, 3.63) is 109 Å². The number of nitriles is 2. The Hall–Kier alpha value is -5.48. The lowest BCUT2D eigenvalue weighted by Crippen LogP contribution is -2.34. The maximum absolute atomic E-state index is 16.2. The van der Waals surface area contributed by atoms with Gasteiger partial charge in [0.25, 0.3) is 11.8 Å². The van der Waals surface area contributed by atoms with Gasteiger partial charge in [-0.1, -0.05) is 319 Å². The Morgan fingerprint density at radius 3 is 1.17 bits per heavy atom. The van der Waals surface area contributed by atoms with Gasteiger partial charge in [-0.3, -0.25) is 9.59 Å². The normalized spacial score (nSPS) is 14.8. The van der Waals surface area contributed by atoms with Gasteiger partial charge in [-0.15, -0.1) is 22.7 Å². The van der Waals surface area contributed by atoms with E-state index in [0.29, 0.717) is 47.2 Å². The highest BCUT2D eigenvalue weighted by molar-refractivity contribution is 7.14. The maximum Gasteiger partial charge on any atom is 0.261 e. The fraction of sp³-hybridized carbons (Fsp3) is 0.640. The topological polar surface area (TPSA) is 93.1 Å². The zero-order valence-electron chi connectivity index (χ0n) is 63.8. The molecule has 0 bridgehead atoms. The lowest BCUT2D eigenvalue weighted by atomic mass is 9.91. The minimum Gasteiger partial charge on any atom is -0.337 e. The molecule has 7 nitrogen and oxygen atoms in total. The molecule has 0 saturated carbocycles. The summed E-state index contributed by atoms with van der Waals surface area (Å²) in [5.74, 6) is 0.584. The van der Waals surface area contributed by atoms with Crippen LogP contribution in [0.2, 0.25) is 0 Å². The van der Waals surface area contributed by atoms with E-state index in [1.54, 1.807) is 22.7 Å². The van der Waals surface area contributed by atoms with E-state index in [-0.39, 0.29) is 28.7 Å². The summed E-state index contributed by atoms with van der Waals surface area (Å²) in [4.78, 5) is 40.7. The minimum atomic E-state index is -0.165. The van der Waals surface area contributed by atoms with Gasteiger partial charge in [0.05, 0.1) is 55.6 Å². The first-order valence-electron chi connectivity index (χ1n) is 40.1. The van der Waals surface area contributed by atoms with Crippen molar-refractivity contribution in [2.45, 2.75) is 339 Å². The minimum absolute atomic E-state index is 0.0251. The van der Waals surface area contributed by atoms with E-state index in [1.165, 1.54) is 183 Å². The fourth-order valence-electron chi connectivity index (χ4n) is 15.4. The van der Waals surface area contributed by atoms with E-state index in [2.05, 4.69) is 182 Å². The van der Waals surface area contributed by atoms with Crippen molar-refractivity contribution in [1.82, 2.24) is 14.4 Å². The third kappa shape index (κ3) is 23.0. The van der Waals surface area contributed by atoms with Gasteiger partial charge < -0.3 is 14.4 Å². The number of unbranched alkanes of at least 4 members (excludes halogenated alkanes) is 26. The molecule has 0 radical (unpaired) electrons. The molecule has 0 N–H and O–H groups in total. The van der Waals surface area contributed by atoms with E-state index in [9.17, 15) is 10.5 Å². The van der Waals surface area contributed by atoms with Gasteiger partial charge in [0, 0.05) is 50.7 Å². The number of thiophene rings is 2. The number of aromatic nitrogens is 1. The summed E-state index contributed by atoms with van der Waals surface area (Å²) in [6.45, 7) is 28.2. The predicted molar refractivity (Wildman–Crippen MR) is 426 cm³/mol. The molecule has 0 saturated heterocycles. The summed E-state index contributed by atoms with van der Waals surface area (Å²) in [5, 5.41) is 24.5. The standard InChI is InChI=1S/C89H131N5O2S2/c1-13-19-25-31-35-41-47-67(45-39-29-23-17-5)65-92-84(82-83(87(92)96)85(80-57-58-81(98-80)89(10,11)12)93(86(82)95)66-68(46-40-30-24-18-6)48-42-36-32-26-20-14-2)79-56-53-74(97-79)59-71(63-90)69-51-54-75-76-55-52-70(72(64-91)62-88(7,8)9)61-78(76)94(77(75)60-69)73(49-43-37-33-27-21-15-3)50-44-38-34-28-22-16-4/h51-62,67-68,73H,13-50,65-66H2,1-12H3/b71-59+,72-62+. The van der Waals surface area contributed by atoms with Gasteiger partial charge in [0.1, 0.15) is 0 Å². The highest BCUT2D eigenvalue weighted by Gasteiger charge is 2.50.